The highest BCUT2D eigenvalue weighted by Gasteiger charge is 2.55. The third-order valence-electron chi connectivity index (χ3n) is 6.19. The number of thiazole rings is 1. The average Bonchev–Trinajstić information content (AvgIpc) is 3.49. The Kier molecular flexibility index (Phi) is 6.19. The molecule has 2 aromatic rings. The molecule has 4 heterocycles. The molecule has 0 spiro atoms. The second-order valence-corrected chi connectivity index (χ2v) is 10.4. The van der Waals surface area contributed by atoms with Crippen LogP contribution in [0.3, 0.4) is 0 Å². The third kappa shape index (κ3) is 4.14. The monoisotopic (exact) mass is 515 g/mol. The van der Waals surface area contributed by atoms with Gasteiger partial charge < -0.3 is 21.0 Å². The van der Waals surface area contributed by atoms with Gasteiger partial charge in [0.1, 0.15) is 24.2 Å². The lowest BCUT2D eigenvalue weighted by Gasteiger charge is -2.49. The van der Waals surface area contributed by atoms with E-state index in [0.717, 1.165) is 30.6 Å². The normalized spacial score (nSPS) is 21.3. The molecule has 2 amide bonds. The maximum absolute atomic E-state index is 13.0. The summed E-state index contributed by atoms with van der Waals surface area (Å²) in [7, 11) is 1.30. The maximum Gasteiger partial charge on any atom is 0.352 e. The lowest BCUT2D eigenvalue weighted by atomic mass is 10.0. The zero-order chi connectivity index (χ0) is 24.7. The lowest BCUT2D eigenvalue weighted by molar-refractivity contribution is -0.696. The fraction of sp³-hybridized carbons (Fsp3) is 0.364. The number of rotatable bonds is 7. The number of nitrogens with zero attached hydrogens (tertiary/aromatic N) is 4. The fourth-order valence-corrected chi connectivity index (χ4v) is 6.66. The molecule has 2 aromatic heterocycles. The molecule has 4 N–H and O–H groups in total. The summed E-state index contributed by atoms with van der Waals surface area (Å²) >= 11 is 2.49. The summed E-state index contributed by atoms with van der Waals surface area (Å²) in [6.45, 7) is 0.406. The molecule has 0 radical (unpaired) electrons. The summed E-state index contributed by atoms with van der Waals surface area (Å²) in [5.74, 6) is -1.83. The first-order chi connectivity index (χ1) is 16.9. The molecule has 0 bridgehead atoms. The van der Waals surface area contributed by atoms with E-state index < -0.39 is 29.2 Å². The molecule has 0 saturated carbocycles. The second-order valence-electron chi connectivity index (χ2n) is 8.27. The topological polar surface area (TPSA) is 151 Å². The molecule has 35 heavy (non-hydrogen) atoms. The number of amides is 2. The minimum Gasteiger partial charge on any atom is -0.477 e. The van der Waals surface area contributed by atoms with E-state index in [1.54, 1.807) is 0 Å². The number of aryl methyl sites for hydroxylation is 1. The number of aromatic nitrogens is 2. The molecule has 1 saturated heterocycles. The standard InChI is InChI=1S/C22H22N6O5S2/c1-33-26-15(14-8-24-22(23)35-14)18(29)25-16-19(30)28-17(21(31)32)12(10-34-20(16)28)9-27-7-3-5-11-4-2-6-13(11)27/h3,5,7-8,16,20H,2,4,6,9-10H2,1H3,(H3-,23,24,25,26,29,31,32)/p+1/t16-,20+/m1/s1. The number of pyridine rings is 1. The minimum atomic E-state index is -1.15. The number of nitrogen functional groups attached to an aromatic ring is 1. The van der Waals surface area contributed by atoms with Crippen molar-refractivity contribution in [2.24, 2.45) is 5.16 Å². The van der Waals surface area contributed by atoms with E-state index in [2.05, 4.69) is 26.1 Å². The van der Waals surface area contributed by atoms with Gasteiger partial charge >= 0.3 is 5.97 Å². The van der Waals surface area contributed by atoms with Gasteiger partial charge in [-0.2, -0.15) is 4.57 Å². The number of hydrogen-bond donors (Lipinski definition) is 3. The molecule has 2 atom stereocenters. The quantitative estimate of drug-likeness (QED) is 0.206. The number of carbonyl (C=O) groups excluding carboxylic acids is 2. The Morgan fingerprint density at radius 3 is 2.97 bits per heavy atom. The van der Waals surface area contributed by atoms with Gasteiger partial charge in [-0.15, -0.1) is 11.8 Å². The van der Waals surface area contributed by atoms with E-state index >= 15 is 0 Å². The Balaban J connectivity index is 1.36. The van der Waals surface area contributed by atoms with Crippen molar-refractivity contribution in [3.63, 3.8) is 0 Å². The van der Waals surface area contributed by atoms with Crippen molar-refractivity contribution in [1.82, 2.24) is 15.2 Å². The third-order valence-corrected chi connectivity index (χ3v) is 8.37. The smallest absolute Gasteiger partial charge is 0.352 e. The number of carbonyl (C=O) groups is 3. The van der Waals surface area contributed by atoms with Gasteiger partial charge in [-0.05, 0) is 18.9 Å². The Labute approximate surface area is 208 Å². The predicted octanol–water partition coefficient (Wildman–Crippen LogP) is 0.291. The number of thioether (sulfide) groups is 1. The summed E-state index contributed by atoms with van der Waals surface area (Å²) in [5, 5.41) is 16.2. The van der Waals surface area contributed by atoms with E-state index in [9.17, 15) is 19.5 Å². The molecule has 5 rings (SSSR count). The van der Waals surface area contributed by atoms with E-state index in [1.807, 2.05) is 12.3 Å². The Bertz CT molecular complexity index is 1290. The summed E-state index contributed by atoms with van der Waals surface area (Å²) in [4.78, 5) is 48.5. The lowest BCUT2D eigenvalue weighted by Crippen LogP contribution is -2.71. The van der Waals surface area contributed by atoms with Crippen LogP contribution in [0.15, 0.2) is 41.0 Å². The maximum atomic E-state index is 13.0. The summed E-state index contributed by atoms with van der Waals surface area (Å²) in [6.07, 6.45) is 6.41. The number of carboxylic acids is 1. The van der Waals surface area contributed by atoms with Gasteiger partial charge in [-0.3, -0.25) is 14.5 Å². The molecule has 0 unspecified atom stereocenters. The van der Waals surface area contributed by atoms with Gasteiger partial charge in [0, 0.05) is 35.6 Å². The summed E-state index contributed by atoms with van der Waals surface area (Å²) in [5.41, 5.74) is 8.76. The molecular formula is C22H23N6O5S2+. The van der Waals surface area contributed by atoms with Gasteiger partial charge in [-0.25, -0.2) is 9.78 Å². The number of β-lactam (4-membered cyclic amide) rings is 1. The van der Waals surface area contributed by atoms with Crippen molar-refractivity contribution in [2.45, 2.75) is 37.2 Å². The minimum absolute atomic E-state index is 0.00615. The van der Waals surface area contributed by atoms with Gasteiger partial charge in [-0.1, -0.05) is 16.5 Å². The predicted molar refractivity (Wildman–Crippen MR) is 128 cm³/mol. The Morgan fingerprint density at radius 2 is 2.26 bits per heavy atom. The summed E-state index contributed by atoms with van der Waals surface area (Å²) < 4.78 is 2.08. The molecule has 1 aliphatic carbocycles. The number of nitrogens with two attached hydrogens (primary N) is 1. The van der Waals surface area contributed by atoms with Crippen molar-refractivity contribution in [3.05, 3.63) is 51.9 Å². The average molecular weight is 516 g/mol. The SMILES string of the molecule is CO/N=C(/C(=O)N[C@@H]1C(=O)N2C(C(=O)O)=C(C[n+]3cccc4c3CCC4)CS[C@@H]12)c1cnc(N)s1. The first kappa shape index (κ1) is 23.3. The van der Waals surface area contributed by atoms with Crippen LogP contribution in [0.5, 0.6) is 0 Å². The van der Waals surface area contributed by atoms with E-state index in [-0.39, 0.29) is 16.5 Å². The zero-order valence-electron chi connectivity index (χ0n) is 18.8. The molecule has 3 aliphatic rings. The molecular weight excluding hydrogens is 492 g/mol. The van der Waals surface area contributed by atoms with E-state index in [0.29, 0.717) is 22.7 Å². The van der Waals surface area contributed by atoms with Crippen LogP contribution in [-0.4, -0.2) is 62.8 Å². The molecule has 2 aliphatic heterocycles. The van der Waals surface area contributed by atoms with Crippen LogP contribution in [-0.2, 0) is 38.6 Å². The zero-order valence-corrected chi connectivity index (χ0v) is 20.4. The first-order valence-electron chi connectivity index (χ1n) is 10.9. The van der Waals surface area contributed by atoms with Crippen LogP contribution < -0.4 is 15.6 Å². The van der Waals surface area contributed by atoms with Crippen LogP contribution in [0, 0.1) is 0 Å². The van der Waals surface area contributed by atoms with Crippen LogP contribution in [0.25, 0.3) is 0 Å². The number of oxime groups is 1. The number of aliphatic carboxylic acids is 1. The highest BCUT2D eigenvalue weighted by Crippen LogP contribution is 2.40. The largest absolute Gasteiger partial charge is 0.477 e. The highest BCUT2D eigenvalue weighted by molar-refractivity contribution is 8.00. The van der Waals surface area contributed by atoms with Crippen molar-refractivity contribution >= 4 is 51.7 Å². The number of anilines is 1. The fourth-order valence-electron chi connectivity index (χ4n) is 4.67. The number of fused-ring (bicyclic) bond motifs is 2. The van der Waals surface area contributed by atoms with Crippen molar-refractivity contribution in [2.75, 3.05) is 18.6 Å². The van der Waals surface area contributed by atoms with Crippen LogP contribution in [0.4, 0.5) is 5.13 Å². The first-order valence-corrected chi connectivity index (χ1v) is 12.8. The highest BCUT2D eigenvalue weighted by atomic mass is 32.2. The van der Waals surface area contributed by atoms with E-state index in [1.165, 1.54) is 41.2 Å². The summed E-state index contributed by atoms with van der Waals surface area (Å²) in [6, 6.07) is 3.19. The Hall–Kier alpha value is -3.45. The molecule has 182 valence electrons. The number of carboxylic acid groups (broad SMARTS) is 1. The number of hydrogen-bond acceptors (Lipinski definition) is 9. The van der Waals surface area contributed by atoms with Crippen LogP contribution >= 0.6 is 23.1 Å². The van der Waals surface area contributed by atoms with Gasteiger partial charge in [0.2, 0.25) is 0 Å². The van der Waals surface area contributed by atoms with Crippen molar-refractivity contribution in [3.8, 4) is 0 Å². The van der Waals surface area contributed by atoms with Crippen LogP contribution in [0.1, 0.15) is 22.6 Å². The van der Waals surface area contributed by atoms with Gasteiger partial charge in [0.15, 0.2) is 29.3 Å². The van der Waals surface area contributed by atoms with Gasteiger partial charge in [0.05, 0.1) is 4.88 Å². The molecule has 13 heteroatoms. The molecule has 11 nitrogen and oxygen atoms in total. The van der Waals surface area contributed by atoms with Crippen molar-refractivity contribution in [1.29, 1.82) is 0 Å². The van der Waals surface area contributed by atoms with E-state index in [4.69, 9.17) is 10.6 Å². The van der Waals surface area contributed by atoms with Gasteiger partial charge in [0.25, 0.3) is 11.8 Å². The number of nitrogens with one attached hydrogen (secondary N) is 1. The molecule has 0 aromatic carbocycles. The Morgan fingerprint density at radius 1 is 1.43 bits per heavy atom. The second kappa shape index (κ2) is 9.30. The molecule has 1 fully saturated rings. The van der Waals surface area contributed by atoms with Crippen molar-refractivity contribution < 1.29 is 28.9 Å². The van der Waals surface area contributed by atoms with Crippen LogP contribution in [0.2, 0.25) is 0 Å².